The number of anilines is 1. The average Bonchev–Trinajstić information content (AvgIpc) is 2.43. The van der Waals surface area contributed by atoms with Gasteiger partial charge in [0.15, 0.2) is 5.82 Å². The second-order valence-electron chi connectivity index (χ2n) is 4.27. The smallest absolute Gasteiger partial charge is 0.301 e. The molecule has 1 aliphatic rings. The van der Waals surface area contributed by atoms with E-state index in [1.165, 1.54) is 0 Å². The van der Waals surface area contributed by atoms with E-state index in [0.29, 0.717) is 0 Å². The number of carbonyl (C=O) groups is 1. The van der Waals surface area contributed by atoms with Crippen LogP contribution in [-0.4, -0.2) is 44.9 Å². The summed E-state index contributed by atoms with van der Waals surface area (Å²) in [5, 5.41) is 0. The lowest BCUT2D eigenvalue weighted by Crippen LogP contribution is -2.43. The predicted molar refractivity (Wildman–Crippen MR) is 69.8 cm³/mol. The van der Waals surface area contributed by atoms with Gasteiger partial charge in [0, 0.05) is 13.1 Å². The van der Waals surface area contributed by atoms with Crippen LogP contribution in [0.15, 0.2) is 12.1 Å². The second kappa shape index (κ2) is 5.92. The highest BCUT2D eigenvalue weighted by molar-refractivity contribution is 7.90. The maximum Gasteiger partial charge on any atom is 0.301 e. The monoisotopic (exact) mass is 321 g/mol. The molecule has 0 unspecified atom stereocenters. The van der Waals surface area contributed by atoms with Crippen molar-refractivity contribution in [3.63, 3.8) is 0 Å². The van der Waals surface area contributed by atoms with E-state index in [1.54, 1.807) is 0 Å². The number of morpholine rings is 1. The Morgan fingerprint density at radius 3 is 2.48 bits per heavy atom. The first-order chi connectivity index (χ1) is 9.83. The van der Waals surface area contributed by atoms with Gasteiger partial charge < -0.3 is 10.5 Å². The number of halogens is 2. The van der Waals surface area contributed by atoms with Crippen LogP contribution in [0.2, 0.25) is 0 Å². The first kappa shape index (κ1) is 15.6. The van der Waals surface area contributed by atoms with Gasteiger partial charge >= 0.3 is 10.2 Å². The van der Waals surface area contributed by atoms with Crippen LogP contribution in [0.25, 0.3) is 0 Å². The van der Waals surface area contributed by atoms with Crippen molar-refractivity contribution in [1.29, 1.82) is 0 Å². The summed E-state index contributed by atoms with van der Waals surface area (Å²) < 4.78 is 59.5. The van der Waals surface area contributed by atoms with Crippen LogP contribution in [0.5, 0.6) is 0 Å². The van der Waals surface area contributed by atoms with E-state index < -0.39 is 39.0 Å². The molecule has 7 nitrogen and oxygen atoms in total. The van der Waals surface area contributed by atoms with E-state index in [4.69, 9.17) is 10.5 Å². The molecule has 1 amide bonds. The van der Waals surface area contributed by atoms with Crippen molar-refractivity contribution in [3.05, 3.63) is 29.3 Å². The lowest BCUT2D eigenvalue weighted by molar-refractivity contribution is 0.0733. The Bertz CT molecular complexity index is 660. The maximum absolute atomic E-state index is 14.0. The molecule has 0 atom stereocenters. The zero-order valence-corrected chi connectivity index (χ0v) is 11.6. The molecule has 1 saturated heterocycles. The molecule has 1 aromatic carbocycles. The van der Waals surface area contributed by atoms with Gasteiger partial charge in [-0.2, -0.15) is 12.7 Å². The highest BCUT2D eigenvalue weighted by Gasteiger charge is 2.27. The SMILES string of the molecule is NC(=O)c1c(F)ccc(NS(=O)(=O)N2CCOCC2)c1F. The zero-order chi connectivity index (χ0) is 15.6. The van der Waals surface area contributed by atoms with Crippen molar-refractivity contribution in [2.45, 2.75) is 0 Å². The summed E-state index contributed by atoms with van der Waals surface area (Å²) >= 11 is 0. The number of hydrogen-bond acceptors (Lipinski definition) is 4. The van der Waals surface area contributed by atoms with E-state index in [0.717, 1.165) is 16.4 Å². The summed E-state index contributed by atoms with van der Waals surface area (Å²) in [6.45, 7) is 0.667. The molecule has 1 aromatic rings. The molecule has 0 spiro atoms. The number of primary amides is 1. The Morgan fingerprint density at radius 2 is 1.90 bits per heavy atom. The number of carbonyl (C=O) groups excluding carboxylic acids is 1. The number of rotatable bonds is 4. The van der Waals surface area contributed by atoms with E-state index >= 15 is 0 Å². The van der Waals surface area contributed by atoms with Crippen LogP contribution in [0, 0.1) is 11.6 Å². The van der Waals surface area contributed by atoms with Gasteiger partial charge in [-0.15, -0.1) is 0 Å². The Labute approximate surface area is 119 Å². The normalized spacial score (nSPS) is 16.7. The van der Waals surface area contributed by atoms with Crippen molar-refractivity contribution in [1.82, 2.24) is 4.31 Å². The fourth-order valence-corrected chi connectivity index (χ4v) is 3.04. The molecule has 21 heavy (non-hydrogen) atoms. The van der Waals surface area contributed by atoms with Crippen molar-refractivity contribution < 1.29 is 26.7 Å². The van der Waals surface area contributed by atoms with Crippen molar-refractivity contribution in [2.24, 2.45) is 5.73 Å². The molecule has 0 aliphatic carbocycles. The van der Waals surface area contributed by atoms with Crippen molar-refractivity contribution in [3.8, 4) is 0 Å². The van der Waals surface area contributed by atoms with E-state index in [9.17, 15) is 22.0 Å². The van der Waals surface area contributed by atoms with Gasteiger partial charge in [0.05, 0.1) is 18.9 Å². The van der Waals surface area contributed by atoms with E-state index in [1.807, 2.05) is 4.72 Å². The van der Waals surface area contributed by atoms with Crippen LogP contribution >= 0.6 is 0 Å². The molecule has 0 aromatic heterocycles. The number of nitrogens with one attached hydrogen (secondary N) is 1. The molecule has 116 valence electrons. The Balaban J connectivity index is 2.31. The van der Waals surface area contributed by atoms with Gasteiger partial charge in [-0.3, -0.25) is 9.52 Å². The quantitative estimate of drug-likeness (QED) is 0.818. The van der Waals surface area contributed by atoms with Crippen LogP contribution in [0.4, 0.5) is 14.5 Å². The van der Waals surface area contributed by atoms with Crippen molar-refractivity contribution >= 4 is 21.8 Å². The first-order valence-corrected chi connectivity index (χ1v) is 7.40. The molecular formula is C11H13F2N3O4S. The molecule has 0 saturated carbocycles. The maximum atomic E-state index is 14.0. The van der Waals surface area contributed by atoms with Gasteiger partial charge in [-0.1, -0.05) is 0 Å². The summed E-state index contributed by atoms with van der Waals surface area (Å²) in [6, 6.07) is 1.65. The predicted octanol–water partition coefficient (Wildman–Crippen LogP) is 0.0526. The van der Waals surface area contributed by atoms with E-state index in [-0.39, 0.29) is 26.3 Å². The van der Waals surface area contributed by atoms with Crippen LogP contribution in [0.3, 0.4) is 0 Å². The minimum Gasteiger partial charge on any atom is -0.379 e. The number of hydrogen-bond donors (Lipinski definition) is 2. The third kappa shape index (κ3) is 3.28. The zero-order valence-electron chi connectivity index (χ0n) is 10.8. The summed E-state index contributed by atoms with van der Waals surface area (Å²) in [5.74, 6) is -3.83. The minimum atomic E-state index is -4.03. The molecule has 0 bridgehead atoms. The van der Waals surface area contributed by atoms with Crippen LogP contribution in [0.1, 0.15) is 10.4 Å². The number of ether oxygens (including phenoxy) is 1. The highest BCUT2D eigenvalue weighted by Crippen LogP contribution is 2.22. The van der Waals surface area contributed by atoms with E-state index in [2.05, 4.69) is 0 Å². The molecule has 1 fully saturated rings. The number of benzene rings is 1. The minimum absolute atomic E-state index is 0.112. The molecule has 2 rings (SSSR count). The lowest BCUT2D eigenvalue weighted by atomic mass is 10.1. The molecule has 3 N–H and O–H groups in total. The molecule has 10 heteroatoms. The third-order valence-electron chi connectivity index (χ3n) is 2.89. The van der Waals surface area contributed by atoms with Gasteiger partial charge in [-0.05, 0) is 12.1 Å². The first-order valence-electron chi connectivity index (χ1n) is 5.96. The van der Waals surface area contributed by atoms with Gasteiger partial charge in [0.25, 0.3) is 5.91 Å². The molecular weight excluding hydrogens is 308 g/mol. The summed E-state index contributed by atoms with van der Waals surface area (Å²) in [4.78, 5) is 11.0. The molecule has 0 radical (unpaired) electrons. The Morgan fingerprint density at radius 1 is 1.29 bits per heavy atom. The average molecular weight is 321 g/mol. The fraction of sp³-hybridized carbons (Fsp3) is 0.364. The van der Waals surface area contributed by atoms with Crippen LogP contribution < -0.4 is 10.5 Å². The molecule has 1 aliphatic heterocycles. The topological polar surface area (TPSA) is 102 Å². The summed E-state index contributed by atoms with van der Waals surface area (Å²) in [6.07, 6.45) is 0. The Hall–Kier alpha value is -1.78. The summed E-state index contributed by atoms with van der Waals surface area (Å²) in [7, 11) is -4.03. The largest absolute Gasteiger partial charge is 0.379 e. The third-order valence-corrected chi connectivity index (χ3v) is 4.41. The highest BCUT2D eigenvalue weighted by atomic mass is 32.2. The van der Waals surface area contributed by atoms with Gasteiger partial charge in [0.1, 0.15) is 11.4 Å². The summed E-state index contributed by atoms with van der Waals surface area (Å²) in [5.41, 5.74) is 3.33. The van der Waals surface area contributed by atoms with Gasteiger partial charge in [-0.25, -0.2) is 8.78 Å². The second-order valence-corrected chi connectivity index (χ2v) is 5.94. The fourth-order valence-electron chi connectivity index (χ4n) is 1.85. The number of nitrogens with two attached hydrogens (primary N) is 1. The van der Waals surface area contributed by atoms with Gasteiger partial charge in [0.2, 0.25) is 0 Å². The molecule has 1 heterocycles. The number of amides is 1. The van der Waals surface area contributed by atoms with Crippen LogP contribution in [-0.2, 0) is 14.9 Å². The van der Waals surface area contributed by atoms with Crippen molar-refractivity contribution in [2.75, 3.05) is 31.0 Å². The number of nitrogens with zero attached hydrogens (tertiary/aromatic N) is 1. The lowest BCUT2D eigenvalue weighted by Gasteiger charge is -2.26. The Kier molecular flexibility index (Phi) is 4.40. The standard InChI is InChI=1S/C11H13F2N3O4S/c12-7-1-2-8(10(13)9(7)11(14)17)15-21(18,19)16-3-5-20-6-4-16/h1-2,15H,3-6H2,(H2,14,17).